The number of benzene rings is 1. The van der Waals surface area contributed by atoms with Crippen LogP contribution in [0.1, 0.15) is 15.2 Å². The standard InChI is InChI=1S/C12H13ClN4OS/c1-6-3-4-7(13)8(5-6)16-11(18)9-10(14)17-12(15-2)19-9/h3-5H,14H2,1-2H3,(H,15,17)(H,16,18). The van der Waals surface area contributed by atoms with E-state index in [1.807, 2.05) is 13.0 Å². The molecule has 0 aliphatic rings. The fourth-order valence-electron chi connectivity index (χ4n) is 1.52. The summed E-state index contributed by atoms with van der Waals surface area (Å²) in [6, 6.07) is 5.41. The molecule has 100 valence electrons. The quantitative estimate of drug-likeness (QED) is 0.813. The molecule has 0 atom stereocenters. The number of nitrogens with one attached hydrogen (secondary N) is 2. The molecule has 1 aromatic carbocycles. The molecular formula is C12H13ClN4OS. The summed E-state index contributed by atoms with van der Waals surface area (Å²) in [5, 5.41) is 6.66. The molecule has 0 aliphatic carbocycles. The second-order valence-corrected chi connectivity index (χ2v) is 5.33. The van der Waals surface area contributed by atoms with E-state index in [0.29, 0.717) is 20.7 Å². The van der Waals surface area contributed by atoms with Gasteiger partial charge in [0.05, 0.1) is 10.7 Å². The highest BCUT2D eigenvalue weighted by atomic mass is 35.5. The Labute approximate surface area is 119 Å². The van der Waals surface area contributed by atoms with Crippen LogP contribution in [0.5, 0.6) is 0 Å². The van der Waals surface area contributed by atoms with Gasteiger partial charge in [-0.25, -0.2) is 4.98 Å². The lowest BCUT2D eigenvalue weighted by molar-refractivity contribution is 0.103. The third-order valence-corrected chi connectivity index (χ3v) is 3.86. The predicted octanol–water partition coefficient (Wildman–Crippen LogP) is 2.98. The van der Waals surface area contributed by atoms with Crippen molar-refractivity contribution in [3.63, 3.8) is 0 Å². The number of thiazole rings is 1. The first-order chi connectivity index (χ1) is 9.01. The highest BCUT2D eigenvalue weighted by Crippen LogP contribution is 2.28. The van der Waals surface area contributed by atoms with Crippen molar-refractivity contribution < 1.29 is 4.79 Å². The van der Waals surface area contributed by atoms with Gasteiger partial charge in [-0.05, 0) is 24.6 Å². The van der Waals surface area contributed by atoms with Gasteiger partial charge in [0.2, 0.25) is 0 Å². The van der Waals surface area contributed by atoms with Crippen LogP contribution in [0.15, 0.2) is 18.2 Å². The van der Waals surface area contributed by atoms with Gasteiger partial charge >= 0.3 is 0 Å². The Balaban J connectivity index is 2.25. The fourth-order valence-corrected chi connectivity index (χ4v) is 2.41. The molecule has 0 radical (unpaired) electrons. The summed E-state index contributed by atoms with van der Waals surface area (Å²) in [7, 11) is 1.72. The Bertz CT molecular complexity index is 626. The molecule has 1 aromatic heterocycles. The number of nitrogen functional groups attached to an aromatic ring is 1. The van der Waals surface area contributed by atoms with Crippen molar-refractivity contribution in [2.75, 3.05) is 23.4 Å². The molecule has 0 aliphatic heterocycles. The summed E-state index contributed by atoms with van der Waals surface area (Å²) < 4.78 is 0. The minimum atomic E-state index is -0.316. The maximum atomic E-state index is 12.1. The van der Waals surface area contributed by atoms with Crippen LogP contribution in [-0.4, -0.2) is 17.9 Å². The Hall–Kier alpha value is -1.79. The highest BCUT2D eigenvalue weighted by Gasteiger charge is 2.16. The number of hydrogen-bond donors (Lipinski definition) is 3. The molecule has 5 nitrogen and oxygen atoms in total. The molecule has 2 rings (SSSR count). The zero-order valence-corrected chi connectivity index (χ0v) is 12.0. The van der Waals surface area contributed by atoms with Gasteiger partial charge in [0.1, 0.15) is 10.7 Å². The van der Waals surface area contributed by atoms with E-state index >= 15 is 0 Å². The van der Waals surface area contributed by atoms with Crippen LogP contribution < -0.4 is 16.4 Å². The van der Waals surface area contributed by atoms with Gasteiger partial charge in [-0.1, -0.05) is 29.0 Å². The van der Waals surface area contributed by atoms with E-state index < -0.39 is 0 Å². The zero-order chi connectivity index (χ0) is 14.0. The van der Waals surface area contributed by atoms with Gasteiger partial charge in [0.25, 0.3) is 5.91 Å². The van der Waals surface area contributed by atoms with E-state index in [4.69, 9.17) is 17.3 Å². The molecule has 0 fully saturated rings. The number of halogens is 1. The second-order valence-electron chi connectivity index (χ2n) is 3.92. The van der Waals surface area contributed by atoms with Crippen LogP contribution in [0.4, 0.5) is 16.6 Å². The first-order valence-electron chi connectivity index (χ1n) is 5.53. The molecule has 0 unspecified atom stereocenters. The summed E-state index contributed by atoms with van der Waals surface area (Å²) >= 11 is 7.22. The molecule has 7 heteroatoms. The van der Waals surface area contributed by atoms with Crippen LogP contribution in [0.2, 0.25) is 5.02 Å². The van der Waals surface area contributed by atoms with E-state index in [2.05, 4.69) is 15.6 Å². The summed E-state index contributed by atoms with van der Waals surface area (Å²) in [5.41, 5.74) is 7.27. The Morgan fingerprint density at radius 1 is 1.47 bits per heavy atom. The summed E-state index contributed by atoms with van der Waals surface area (Å²) in [6.07, 6.45) is 0. The molecule has 19 heavy (non-hydrogen) atoms. The van der Waals surface area contributed by atoms with Gasteiger partial charge in [0, 0.05) is 7.05 Å². The monoisotopic (exact) mass is 296 g/mol. The zero-order valence-electron chi connectivity index (χ0n) is 10.5. The Morgan fingerprint density at radius 2 is 2.21 bits per heavy atom. The average molecular weight is 297 g/mol. The van der Waals surface area contributed by atoms with Crippen LogP contribution in [0.25, 0.3) is 0 Å². The number of nitrogens with zero attached hydrogens (tertiary/aromatic N) is 1. The number of carbonyl (C=O) groups is 1. The van der Waals surface area contributed by atoms with E-state index in [0.717, 1.165) is 5.56 Å². The number of nitrogens with two attached hydrogens (primary N) is 1. The van der Waals surface area contributed by atoms with Gasteiger partial charge in [-0.15, -0.1) is 0 Å². The van der Waals surface area contributed by atoms with Crippen LogP contribution >= 0.6 is 22.9 Å². The van der Waals surface area contributed by atoms with E-state index in [1.165, 1.54) is 11.3 Å². The molecular weight excluding hydrogens is 284 g/mol. The van der Waals surface area contributed by atoms with Crippen molar-refractivity contribution in [3.8, 4) is 0 Å². The van der Waals surface area contributed by atoms with E-state index in [1.54, 1.807) is 19.2 Å². The maximum Gasteiger partial charge on any atom is 0.269 e. The minimum absolute atomic E-state index is 0.204. The summed E-state index contributed by atoms with van der Waals surface area (Å²) in [6.45, 7) is 1.92. The van der Waals surface area contributed by atoms with Gasteiger partial charge in [-0.3, -0.25) is 4.79 Å². The van der Waals surface area contributed by atoms with Crippen molar-refractivity contribution in [3.05, 3.63) is 33.7 Å². The number of aromatic nitrogens is 1. The lowest BCUT2D eigenvalue weighted by atomic mass is 10.2. The van der Waals surface area contributed by atoms with Crippen molar-refractivity contribution >= 4 is 45.5 Å². The smallest absolute Gasteiger partial charge is 0.269 e. The lowest BCUT2D eigenvalue weighted by Crippen LogP contribution is -2.12. The minimum Gasteiger partial charge on any atom is -0.382 e. The molecule has 4 N–H and O–H groups in total. The molecule has 0 saturated carbocycles. The van der Waals surface area contributed by atoms with Gasteiger partial charge < -0.3 is 16.4 Å². The normalized spacial score (nSPS) is 10.3. The topological polar surface area (TPSA) is 80.0 Å². The molecule has 0 saturated heterocycles. The average Bonchev–Trinajstić information content (AvgIpc) is 2.75. The molecule has 1 heterocycles. The first kappa shape index (κ1) is 13.6. The Kier molecular flexibility index (Phi) is 3.92. The maximum absolute atomic E-state index is 12.1. The molecule has 1 amide bonds. The van der Waals surface area contributed by atoms with Gasteiger partial charge in [0.15, 0.2) is 5.13 Å². The molecule has 2 aromatic rings. The van der Waals surface area contributed by atoms with Crippen LogP contribution in [-0.2, 0) is 0 Å². The fraction of sp³-hybridized carbons (Fsp3) is 0.167. The number of rotatable bonds is 3. The summed E-state index contributed by atoms with van der Waals surface area (Å²) in [5.74, 6) is -0.111. The number of aryl methyl sites for hydroxylation is 1. The number of carbonyl (C=O) groups excluding carboxylic acids is 1. The largest absolute Gasteiger partial charge is 0.382 e. The van der Waals surface area contributed by atoms with Crippen molar-refractivity contribution in [2.45, 2.75) is 6.92 Å². The number of anilines is 3. The number of amides is 1. The van der Waals surface area contributed by atoms with Crippen LogP contribution in [0, 0.1) is 6.92 Å². The molecule has 0 bridgehead atoms. The third kappa shape index (κ3) is 2.97. The lowest BCUT2D eigenvalue weighted by Gasteiger charge is -2.07. The highest BCUT2D eigenvalue weighted by molar-refractivity contribution is 7.18. The number of hydrogen-bond acceptors (Lipinski definition) is 5. The Morgan fingerprint density at radius 3 is 2.84 bits per heavy atom. The SMILES string of the molecule is CNc1nc(N)c(C(=O)Nc2cc(C)ccc2Cl)s1. The van der Waals surface area contributed by atoms with E-state index in [9.17, 15) is 4.79 Å². The van der Waals surface area contributed by atoms with E-state index in [-0.39, 0.29) is 11.7 Å². The second kappa shape index (κ2) is 5.46. The predicted molar refractivity (Wildman–Crippen MR) is 80.2 cm³/mol. The first-order valence-corrected chi connectivity index (χ1v) is 6.72. The van der Waals surface area contributed by atoms with Crippen molar-refractivity contribution in [1.29, 1.82) is 0 Å². The van der Waals surface area contributed by atoms with Crippen molar-refractivity contribution in [2.24, 2.45) is 0 Å². The third-order valence-electron chi connectivity index (χ3n) is 2.44. The van der Waals surface area contributed by atoms with Crippen LogP contribution in [0.3, 0.4) is 0 Å². The van der Waals surface area contributed by atoms with Crippen molar-refractivity contribution in [1.82, 2.24) is 4.98 Å². The van der Waals surface area contributed by atoms with Gasteiger partial charge in [-0.2, -0.15) is 0 Å². The summed E-state index contributed by atoms with van der Waals surface area (Å²) in [4.78, 5) is 16.5. The molecule has 0 spiro atoms.